The molecule has 1 saturated heterocycles. The molecule has 43 heavy (non-hydrogen) atoms. The number of carboxylic acid groups (broad SMARTS) is 1. The van der Waals surface area contributed by atoms with Gasteiger partial charge in [0.05, 0.1) is 16.8 Å². The van der Waals surface area contributed by atoms with Gasteiger partial charge in [-0.1, -0.05) is 0 Å². The summed E-state index contributed by atoms with van der Waals surface area (Å²) in [7, 11) is -3.21. The van der Waals surface area contributed by atoms with Gasteiger partial charge in [-0.2, -0.15) is 13.2 Å². The molecule has 14 heteroatoms. The monoisotopic (exact) mass is 626 g/mol. The van der Waals surface area contributed by atoms with E-state index in [4.69, 9.17) is 15.6 Å². The van der Waals surface area contributed by atoms with Gasteiger partial charge in [-0.15, -0.1) is 0 Å². The lowest BCUT2D eigenvalue weighted by Crippen LogP contribution is -2.38. The van der Waals surface area contributed by atoms with Gasteiger partial charge in [0, 0.05) is 31.2 Å². The number of aromatic amines is 1. The molecule has 0 spiro atoms. The third kappa shape index (κ3) is 8.12. The topological polar surface area (TPSA) is 146 Å². The molecule has 2 aliphatic rings. The van der Waals surface area contributed by atoms with Crippen molar-refractivity contribution in [2.24, 2.45) is 11.7 Å². The van der Waals surface area contributed by atoms with E-state index in [0.29, 0.717) is 49.1 Å². The number of hydrogen-bond acceptors (Lipinski definition) is 5. The molecule has 1 aliphatic carbocycles. The van der Waals surface area contributed by atoms with E-state index >= 15 is 0 Å². The van der Waals surface area contributed by atoms with Crippen molar-refractivity contribution in [1.82, 2.24) is 14.6 Å². The van der Waals surface area contributed by atoms with Crippen LogP contribution in [0.25, 0.3) is 22.0 Å². The quantitative estimate of drug-likeness (QED) is 0.253. The standard InChI is InChI=1S/C27H33FN4O3S.C2HF3O2/c1-2-36(34,35)32-7-5-19(6-8-32)25-16-31-26-23(25)12-21(13-24(26)27(29)33)20-9-18(10-22(28)11-20)15-30-14-17-3-4-17;3-2(4,5)1(6)7/h9-13,16-17,19,30-31H,2-8,14-15H2,1H3,(H2,29,33);(H,6,7). The summed E-state index contributed by atoms with van der Waals surface area (Å²) in [5.74, 6) is -2.65. The number of carboxylic acids is 1. The molecular formula is C29H34F4N4O5S. The van der Waals surface area contributed by atoms with Crippen molar-refractivity contribution in [3.8, 4) is 11.1 Å². The summed E-state index contributed by atoms with van der Waals surface area (Å²) < 4.78 is 72.4. The fourth-order valence-electron chi connectivity index (χ4n) is 5.24. The first kappa shape index (κ1) is 32.4. The Morgan fingerprint density at radius 3 is 2.26 bits per heavy atom. The number of benzene rings is 2. The van der Waals surface area contributed by atoms with Crippen molar-refractivity contribution < 1.29 is 40.7 Å². The predicted molar refractivity (Wildman–Crippen MR) is 153 cm³/mol. The maximum absolute atomic E-state index is 14.6. The summed E-state index contributed by atoms with van der Waals surface area (Å²) in [4.78, 5) is 24.5. The molecule has 5 N–H and O–H groups in total. The number of alkyl halides is 3. The molecule has 5 rings (SSSR count). The van der Waals surface area contributed by atoms with E-state index in [-0.39, 0.29) is 17.5 Å². The molecule has 0 unspecified atom stereocenters. The molecule has 1 aromatic heterocycles. The second kappa shape index (κ2) is 13.0. The molecule has 0 atom stereocenters. The second-order valence-corrected chi connectivity index (χ2v) is 13.1. The van der Waals surface area contributed by atoms with Crippen molar-refractivity contribution in [2.75, 3.05) is 25.4 Å². The molecule has 1 amide bonds. The van der Waals surface area contributed by atoms with Crippen molar-refractivity contribution in [2.45, 2.75) is 51.2 Å². The van der Waals surface area contributed by atoms with E-state index in [1.54, 1.807) is 17.3 Å². The Kier molecular flexibility index (Phi) is 9.82. The summed E-state index contributed by atoms with van der Waals surface area (Å²) in [6.45, 7) is 4.12. The smallest absolute Gasteiger partial charge is 0.475 e. The van der Waals surface area contributed by atoms with E-state index in [9.17, 15) is 30.8 Å². The minimum atomic E-state index is -5.08. The first-order chi connectivity index (χ1) is 20.2. The number of fused-ring (bicyclic) bond motifs is 1. The van der Waals surface area contributed by atoms with Gasteiger partial charge in [0.25, 0.3) is 5.91 Å². The number of aromatic nitrogens is 1. The minimum Gasteiger partial charge on any atom is -0.475 e. The fourth-order valence-corrected chi connectivity index (χ4v) is 6.37. The molecule has 2 heterocycles. The molecule has 2 fully saturated rings. The zero-order valence-electron chi connectivity index (χ0n) is 23.5. The third-order valence-corrected chi connectivity index (χ3v) is 9.61. The summed E-state index contributed by atoms with van der Waals surface area (Å²) in [6.07, 6.45) is 0.708. The highest BCUT2D eigenvalue weighted by Gasteiger charge is 2.38. The summed E-state index contributed by atoms with van der Waals surface area (Å²) in [6, 6.07) is 8.68. The number of rotatable bonds is 9. The van der Waals surface area contributed by atoms with E-state index in [0.717, 1.165) is 34.5 Å². The molecule has 9 nitrogen and oxygen atoms in total. The molecule has 234 valence electrons. The number of aliphatic carboxylic acids is 1. The molecule has 2 aromatic carbocycles. The van der Waals surface area contributed by atoms with E-state index in [1.807, 2.05) is 18.3 Å². The molecule has 1 saturated carbocycles. The van der Waals surface area contributed by atoms with Crippen LogP contribution in [0.3, 0.4) is 0 Å². The average Bonchev–Trinajstić information content (AvgIpc) is 3.68. The number of piperidine rings is 1. The van der Waals surface area contributed by atoms with E-state index in [1.165, 1.54) is 25.0 Å². The van der Waals surface area contributed by atoms with Crippen LogP contribution in [0.15, 0.2) is 36.5 Å². The van der Waals surface area contributed by atoms with Crippen LogP contribution in [0, 0.1) is 11.7 Å². The lowest BCUT2D eigenvalue weighted by molar-refractivity contribution is -0.192. The number of H-pyrrole nitrogens is 1. The van der Waals surface area contributed by atoms with E-state index in [2.05, 4.69) is 10.3 Å². The predicted octanol–water partition coefficient (Wildman–Crippen LogP) is 4.73. The third-order valence-electron chi connectivity index (χ3n) is 7.73. The highest BCUT2D eigenvalue weighted by Crippen LogP contribution is 2.37. The lowest BCUT2D eigenvalue weighted by Gasteiger charge is -2.31. The Bertz CT molecular complexity index is 1590. The Labute approximate surface area is 246 Å². The first-order valence-corrected chi connectivity index (χ1v) is 15.5. The summed E-state index contributed by atoms with van der Waals surface area (Å²) >= 11 is 0. The van der Waals surface area contributed by atoms with Gasteiger partial charge in [0.2, 0.25) is 10.0 Å². The number of nitrogens with one attached hydrogen (secondary N) is 2. The van der Waals surface area contributed by atoms with Crippen LogP contribution in [0.1, 0.15) is 60.0 Å². The Hall–Kier alpha value is -3.49. The molecule has 0 radical (unpaired) electrons. The number of halogens is 4. The Morgan fingerprint density at radius 2 is 1.70 bits per heavy atom. The number of carbonyl (C=O) groups excluding carboxylic acids is 1. The van der Waals surface area contributed by atoms with Gasteiger partial charge in [-0.3, -0.25) is 4.79 Å². The minimum absolute atomic E-state index is 0.0990. The van der Waals surface area contributed by atoms with Crippen LogP contribution in [0.5, 0.6) is 0 Å². The molecule has 1 aliphatic heterocycles. The number of nitrogens with two attached hydrogens (primary N) is 1. The largest absolute Gasteiger partial charge is 0.490 e. The van der Waals surface area contributed by atoms with Crippen LogP contribution in [0.2, 0.25) is 0 Å². The fraction of sp³-hybridized carbons (Fsp3) is 0.448. The van der Waals surface area contributed by atoms with Crippen molar-refractivity contribution in [3.05, 3.63) is 59.0 Å². The van der Waals surface area contributed by atoms with Crippen LogP contribution in [-0.4, -0.2) is 66.3 Å². The zero-order chi connectivity index (χ0) is 31.5. The maximum Gasteiger partial charge on any atom is 0.490 e. The average molecular weight is 627 g/mol. The molecule has 0 bridgehead atoms. The van der Waals surface area contributed by atoms with Crippen molar-refractivity contribution in [3.63, 3.8) is 0 Å². The van der Waals surface area contributed by atoms with Gasteiger partial charge in [0.1, 0.15) is 5.82 Å². The molecule has 3 aromatic rings. The van der Waals surface area contributed by atoms with E-state index < -0.39 is 28.1 Å². The van der Waals surface area contributed by atoms with Gasteiger partial charge < -0.3 is 21.1 Å². The van der Waals surface area contributed by atoms with Gasteiger partial charge in [0.15, 0.2) is 0 Å². The number of primary amides is 1. The maximum atomic E-state index is 14.6. The number of sulfonamides is 1. The van der Waals surface area contributed by atoms with Crippen LogP contribution in [-0.2, 0) is 21.4 Å². The zero-order valence-corrected chi connectivity index (χ0v) is 24.3. The van der Waals surface area contributed by atoms with Crippen molar-refractivity contribution >= 4 is 32.8 Å². The summed E-state index contributed by atoms with van der Waals surface area (Å²) in [5.41, 5.74) is 10.1. The summed E-state index contributed by atoms with van der Waals surface area (Å²) in [5, 5.41) is 11.4. The number of hydrogen-bond donors (Lipinski definition) is 4. The molecular weight excluding hydrogens is 592 g/mol. The first-order valence-electron chi connectivity index (χ1n) is 13.9. The van der Waals surface area contributed by atoms with Crippen molar-refractivity contribution in [1.29, 1.82) is 0 Å². The van der Waals surface area contributed by atoms with Crippen LogP contribution >= 0.6 is 0 Å². The number of nitrogens with zero attached hydrogens (tertiary/aromatic N) is 1. The Morgan fingerprint density at radius 1 is 1.07 bits per heavy atom. The van der Waals surface area contributed by atoms with Gasteiger partial charge in [-0.25, -0.2) is 21.9 Å². The Balaban J connectivity index is 0.000000541. The normalized spacial score (nSPS) is 16.6. The van der Waals surface area contributed by atoms with Gasteiger partial charge in [-0.05, 0) is 104 Å². The second-order valence-electron chi connectivity index (χ2n) is 10.9. The van der Waals surface area contributed by atoms with Gasteiger partial charge >= 0.3 is 12.1 Å². The van der Waals surface area contributed by atoms with Crippen LogP contribution < -0.4 is 11.1 Å². The number of amides is 1. The highest BCUT2D eigenvalue weighted by molar-refractivity contribution is 7.89. The van der Waals surface area contributed by atoms with Crippen LogP contribution in [0.4, 0.5) is 17.6 Å². The number of carbonyl (C=O) groups is 2. The highest BCUT2D eigenvalue weighted by atomic mass is 32.2. The lowest BCUT2D eigenvalue weighted by atomic mass is 9.88. The SMILES string of the molecule is CCS(=O)(=O)N1CCC(c2c[nH]c3c(C(N)=O)cc(-c4cc(F)cc(CNCC5CC5)c4)cc23)CC1.O=C(O)C(F)(F)F.